The molecule has 0 unspecified atom stereocenters. The van der Waals surface area contributed by atoms with Gasteiger partial charge in [-0.05, 0) is 34.1 Å². The maximum atomic E-state index is 12.4. The summed E-state index contributed by atoms with van der Waals surface area (Å²) in [6, 6.07) is 6.70. The van der Waals surface area contributed by atoms with Crippen LogP contribution in [0.15, 0.2) is 22.7 Å². The molecule has 0 saturated carbocycles. The standard InChI is InChI=1S/C11H11BrF2N2O/c12-10-5-9(2-1-8(10)6-15)16(3-4-17)7-11(13)14/h1-2,5,11,17H,3-4,7H2. The lowest BCUT2D eigenvalue weighted by Crippen LogP contribution is -2.31. The Morgan fingerprint density at radius 2 is 2.18 bits per heavy atom. The van der Waals surface area contributed by atoms with E-state index in [1.54, 1.807) is 18.2 Å². The zero-order chi connectivity index (χ0) is 12.8. The monoisotopic (exact) mass is 304 g/mol. The van der Waals surface area contributed by atoms with Gasteiger partial charge >= 0.3 is 0 Å². The van der Waals surface area contributed by atoms with Crippen LogP contribution in [0.4, 0.5) is 14.5 Å². The third-order valence-corrected chi connectivity index (χ3v) is 2.82. The van der Waals surface area contributed by atoms with Gasteiger partial charge in [-0.25, -0.2) is 8.78 Å². The van der Waals surface area contributed by atoms with Gasteiger partial charge in [0.15, 0.2) is 0 Å². The third-order valence-electron chi connectivity index (χ3n) is 2.17. The Hall–Kier alpha value is -1.19. The molecule has 6 heteroatoms. The van der Waals surface area contributed by atoms with Crippen molar-refractivity contribution < 1.29 is 13.9 Å². The van der Waals surface area contributed by atoms with E-state index in [9.17, 15) is 8.78 Å². The summed E-state index contributed by atoms with van der Waals surface area (Å²) in [5, 5.41) is 17.6. The number of aliphatic hydroxyl groups is 1. The predicted molar refractivity (Wildman–Crippen MR) is 64.2 cm³/mol. The summed E-state index contributed by atoms with van der Waals surface area (Å²) in [6.45, 7) is -0.522. The van der Waals surface area contributed by atoms with Crippen molar-refractivity contribution in [3.63, 3.8) is 0 Å². The summed E-state index contributed by atoms with van der Waals surface area (Å²) < 4.78 is 25.3. The molecule has 0 heterocycles. The zero-order valence-electron chi connectivity index (χ0n) is 8.91. The van der Waals surface area contributed by atoms with Crippen LogP contribution < -0.4 is 4.90 Å². The van der Waals surface area contributed by atoms with Gasteiger partial charge < -0.3 is 10.0 Å². The maximum absolute atomic E-state index is 12.4. The van der Waals surface area contributed by atoms with Gasteiger partial charge in [0, 0.05) is 16.7 Å². The van der Waals surface area contributed by atoms with Crippen molar-refractivity contribution in [1.82, 2.24) is 0 Å². The number of alkyl halides is 2. The van der Waals surface area contributed by atoms with Crippen LogP contribution >= 0.6 is 15.9 Å². The lowest BCUT2D eigenvalue weighted by atomic mass is 10.2. The SMILES string of the molecule is N#Cc1ccc(N(CCO)CC(F)F)cc1Br. The first-order chi connectivity index (χ1) is 8.08. The van der Waals surface area contributed by atoms with Gasteiger partial charge in [0.1, 0.15) is 6.07 Å². The molecular weight excluding hydrogens is 294 g/mol. The number of benzene rings is 1. The Balaban J connectivity index is 2.94. The number of hydrogen-bond donors (Lipinski definition) is 1. The van der Waals surface area contributed by atoms with Crippen molar-refractivity contribution in [2.75, 3.05) is 24.6 Å². The van der Waals surface area contributed by atoms with Crippen LogP contribution in [-0.4, -0.2) is 31.2 Å². The van der Waals surface area contributed by atoms with Crippen molar-refractivity contribution in [2.45, 2.75) is 6.43 Å². The summed E-state index contributed by atoms with van der Waals surface area (Å²) in [5.41, 5.74) is 0.986. The van der Waals surface area contributed by atoms with Gasteiger partial charge in [-0.1, -0.05) is 0 Å². The van der Waals surface area contributed by atoms with Gasteiger partial charge in [0.25, 0.3) is 6.43 Å². The van der Waals surface area contributed by atoms with Gasteiger partial charge in [-0.3, -0.25) is 0 Å². The van der Waals surface area contributed by atoms with E-state index < -0.39 is 13.0 Å². The van der Waals surface area contributed by atoms with E-state index in [0.29, 0.717) is 15.7 Å². The quantitative estimate of drug-likeness (QED) is 0.908. The summed E-state index contributed by atoms with van der Waals surface area (Å²) in [7, 11) is 0. The van der Waals surface area contributed by atoms with E-state index in [4.69, 9.17) is 10.4 Å². The van der Waals surface area contributed by atoms with Gasteiger partial charge in [0.05, 0.1) is 18.7 Å². The first kappa shape index (κ1) is 13.9. The Bertz CT molecular complexity index is 420. The highest BCUT2D eigenvalue weighted by atomic mass is 79.9. The molecule has 1 rings (SSSR count). The smallest absolute Gasteiger partial charge is 0.255 e. The molecule has 0 saturated heterocycles. The minimum absolute atomic E-state index is 0.128. The summed E-state index contributed by atoms with van der Waals surface area (Å²) >= 11 is 3.19. The van der Waals surface area contributed by atoms with Crippen molar-refractivity contribution in [2.24, 2.45) is 0 Å². The van der Waals surface area contributed by atoms with E-state index in [1.807, 2.05) is 6.07 Å². The summed E-state index contributed by atoms with van der Waals surface area (Å²) in [6.07, 6.45) is -2.48. The normalized spacial score (nSPS) is 10.4. The second kappa shape index (κ2) is 6.52. The van der Waals surface area contributed by atoms with E-state index >= 15 is 0 Å². The van der Waals surface area contributed by atoms with Gasteiger partial charge in [-0.15, -0.1) is 0 Å². The number of aliphatic hydroxyl groups excluding tert-OH is 1. The number of nitriles is 1. The second-order valence-electron chi connectivity index (χ2n) is 3.34. The van der Waals surface area contributed by atoms with E-state index in [1.165, 1.54) is 4.90 Å². The molecule has 1 aromatic rings. The molecule has 92 valence electrons. The first-order valence-electron chi connectivity index (χ1n) is 4.92. The van der Waals surface area contributed by atoms with Crippen molar-refractivity contribution >= 4 is 21.6 Å². The first-order valence-corrected chi connectivity index (χ1v) is 5.71. The average molecular weight is 305 g/mol. The molecule has 17 heavy (non-hydrogen) atoms. The number of hydrogen-bond acceptors (Lipinski definition) is 3. The van der Waals surface area contributed by atoms with Crippen LogP contribution in [-0.2, 0) is 0 Å². The third kappa shape index (κ3) is 3.95. The van der Waals surface area contributed by atoms with E-state index in [2.05, 4.69) is 15.9 Å². The molecule has 3 nitrogen and oxygen atoms in total. The molecule has 0 aliphatic rings. The Kier molecular flexibility index (Phi) is 5.32. The zero-order valence-corrected chi connectivity index (χ0v) is 10.5. The molecular formula is C11H11BrF2N2O. The molecule has 0 fully saturated rings. The van der Waals surface area contributed by atoms with Crippen molar-refractivity contribution in [1.29, 1.82) is 5.26 Å². The predicted octanol–water partition coefficient (Wildman–Crippen LogP) is 2.38. The number of rotatable bonds is 5. The molecule has 1 N–H and O–H groups in total. The molecule has 0 aliphatic heterocycles. The van der Waals surface area contributed by atoms with Gasteiger partial charge in [-0.2, -0.15) is 5.26 Å². The molecule has 0 aromatic heterocycles. The highest BCUT2D eigenvalue weighted by Gasteiger charge is 2.13. The fourth-order valence-electron chi connectivity index (χ4n) is 1.40. The molecule has 0 amide bonds. The van der Waals surface area contributed by atoms with Crippen LogP contribution in [0.3, 0.4) is 0 Å². The summed E-state index contributed by atoms with van der Waals surface area (Å²) in [5.74, 6) is 0. The number of anilines is 1. The minimum Gasteiger partial charge on any atom is -0.395 e. The van der Waals surface area contributed by atoms with Crippen LogP contribution in [0.1, 0.15) is 5.56 Å². The minimum atomic E-state index is -2.48. The topological polar surface area (TPSA) is 47.3 Å². The molecule has 0 aliphatic carbocycles. The van der Waals surface area contributed by atoms with Crippen molar-refractivity contribution in [3.05, 3.63) is 28.2 Å². The van der Waals surface area contributed by atoms with Crippen LogP contribution in [0.5, 0.6) is 0 Å². The Morgan fingerprint density at radius 1 is 1.47 bits per heavy atom. The number of halogens is 3. The lowest BCUT2D eigenvalue weighted by molar-refractivity contribution is 0.153. The second-order valence-corrected chi connectivity index (χ2v) is 4.19. The number of nitrogens with zero attached hydrogens (tertiary/aromatic N) is 2. The lowest BCUT2D eigenvalue weighted by Gasteiger charge is -2.23. The highest BCUT2D eigenvalue weighted by molar-refractivity contribution is 9.10. The molecule has 1 aromatic carbocycles. The Labute approximate surface area is 106 Å². The molecule has 0 radical (unpaired) electrons. The maximum Gasteiger partial charge on any atom is 0.255 e. The molecule has 0 atom stereocenters. The van der Waals surface area contributed by atoms with E-state index in [0.717, 1.165) is 0 Å². The largest absolute Gasteiger partial charge is 0.395 e. The molecule has 0 bridgehead atoms. The summed E-state index contributed by atoms with van der Waals surface area (Å²) in [4.78, 5) is 1.37. The average Bonchev–Trinajstić information content (AvgIpc) is 2.28. The fraction of sp³-hybridized carbons (Fsp3) is 0.364. The van der Waals surface area contributed by atoms with E-state index in [-0.39, 0.29) is 13.2 Å². The Morgan fingerprint density at radius 3 is 2.65 bits per heavy atom. The van der Waals surface area contributed by atoms with Crippen molar-refractivity contribution in [3.8, 4) is 6.07 Å². The molecule has 0 spiro atoms. The highest BCUT2D eigenvalue weighted by Crippen LogP contribution is 2.24. The van der Waals surface area contributed by atoms with Crippen LogP contribution in [0.2, 0.25) is 0 Å². The fourth-order valence-corrected chi connectivity index (χ4v) is 1.86. The van der Waals surface area contributed by atoms with Crippen LogP contribution in [0.25, 0.3) is 0 Å². The van der Waals surface area contributed by atoms with Crippen LogP contribution in [0, 0.1) is 11.3 Å². The van der Waals surface area contributed by atoms with Gasteiger partial charge in [0.2, 0.25) is 0 Å².